The Bertz CT molecular complexity index is 758. The van der Waals surface area contributed by atoms with Crippen LogP contribution in [-0.4, -0.2) is 41.1 Å². The number of nitrogens with one attached hydrogen (secondary N) is 1. The average Bonchev–Trinajstić information content (AvgIpc) is 2.70. The molecule has 1 heterocycles. The van der Waals surface area contributed by atoms with E-state index in [9.17, 15) is 9.90 Å². The summed E-state index contributed by atoms with van der Waals surface area (Å²) in [5.74, 6) is 0.344. The van der Waals surface area contributed by atoms with E-state index in [1.807, 2.05) is 18.2 Å². The van der Waals surface area contributed by atoms with Gasteiger partial charge in [0.2, 0.25) is 0 Å². The summed E-state index contributed by atoms with van der Waals surface area (Å²) in [6.07, 6.45) is 2.23. The zero-order valence-corrected chi connectivity index (χ0v) is 17.0. The molecule has 2 N–H and O–H groups in total. The minimum atomic E-state index is -1.30. The number of nitrogens with zero attached hydrogens (tertiary/aromatic N) is 1. The third-order valence-electron chi connectivity index (χ3n) is 5.57. The number of aliphatic hydroxyl groups is 1. The van der Waals surface area contributed by atoms with Gasteiger partial charge in [-0.1, -0.05) is 68.4 Å². The first-order chi connectivity index (χ1) is 13.5. The maximum Gasteiger partial charge on any atom is 0.256 e. The van der Waals surface area contributed by atoms with Crippen molar-refractivity contribution in [3.8, 4) is 0 Å². The van der Waals surface area contributed by atoms with Crippen LogP contribution in [0.2, 0.25) is 0 Å². The highest BCUT2D eigenvalue weighted by Gasteiger charge is 2.41. The van der Waals surface area contributed by atoms with E-state index in [1.165, 1.54) is 11.1 Å². The summed E-state index contributed by atoms with van der Waals surface area (Å²) in [5.41, 5.74) is 2.36. The van der Waals surface area contributed by atoms with Crippen LogP contribution >= 0.6 is 0 Å². The average molecular weight is 381 g/mol. The fourth-order valence-corrected chi connectivity index (χ4v) is 3.78. The maximum atomic E-state index is 12.9. The molecule has 1 fully saturated rings. The number of piperidine rings is 1. The zero-order valence-electron chi connectivity index (χ0n) is 17.0. The molecule has 0 saturated carbocycles. The van der Waals surface area contributed by atoms with Crippen molar-refractivity contribution >= 4 is 5.91 Å². The standard InChI is InChI=1S/C24H32N2O2/c1-19(2)22-11-9-21(10-12-22)17-26-16-6-14-24(28,23(26)27)18-25-15-13-20-7-4-3-5-8-20/h3-5,7-12,19,25,28H,6,13-18H2,1-2H3/t24-/m1/s1. The molecule has 0 spiro atoms. The molecule has 3 rings (SSSR count). The normalized spacial score (nSPS) is 20.0. The van der Waals surface area contributed by atoms with Crippen LogP contribution in [0, 0.1) is 0 Å². The first kappa shape index (κ1) is 20.6. The van der Waals surface area contributed by atoms with E-state index < -0.39 is 5.60 Å². The Morgan fingerprint density at radius 2 is 1.79 bits per heavy atom. The van der Waals surface area contributed by atoms with Gasteiger partial charge in [-0.05, 0) is 48.4 Å². The topological polar surface area (TPSA) is 52.6 Å². The minimum absolute atomic E-state index is 0.154. The molecule has 2 aromatic carbocycles. The summed E-state index contributed by atoms with van der Waals surface area (Å²) in [4.78, 5) is 14.7. The molecule has 1 aliphatic heterocycles. The van der Waals surface area contributed by atoms with Gasteiger partial charge in [0.1, 0.15) is 0 Å². The van der Waals surface area contributed by atoms with Crippen molar-refractivity contribution < 1.29 is 9.90 Å². The SMILES string of the molecule is CC(C)c1ccc(CN2CCC[C@@](O)(CNCCc3ccccc3)C2=O)cc1. The van der Waals surface area contributed by atoms with Crippen LogP contribution in [0.4, 0.5) is 0 Å². The molecule has 0 bridgehead atoms. The van der Waals surface area contributed by atoms with Crippen LogP contribution in [0.15, 0.2) is 54.6 Å². The molecule has 1 saturated heterocycles. The van der Waals surface area contributed by atoms with Gasteiger partial charge in [-0.2, -0.15) is 0 Å². The molecule has 2 aromatic rings. The second kappa shape index (κ2) is 9.35. The predicted octanol–water partition coefficient (Wildman–Crippen LogP) is 3.50. The highest BCUT2D eigenvalue weighted by atomic mass is 16.3. The molecule has 1 aliphatic rings. The van der Waals surface area contributed by atoms with E-state index in [4.69, 9.17) is 0 Å². The fourth-order valence-electron chi connectivity index (χ4n) is 3.78. The quantitative estimate of drug-likeness (QED) is 0.689. The number of carbonyl (C=O) groups excluding carboxylic acids is 1. The molecule has 0 unspecified atom stereocenters. The van der Waals surface area contributed by atoms with Crippen molar-refractivity contribution in [2.45, 2.75) is 51.2 Å². The first-order valence-electron chi connectivity index (χ1n) is 10.3. The van der Waals surface area contributed by atoms with E-state index in [-0.39, 0.29) is 5.91 Å². The number of likely N-dealkylation sites (tertiary alicyclic amines) is 1. The summed E-state index contributed by atoms with van der Waals surface area (Å²) in [5, 5.41) is 14.2. The molecule has 4 heteroatoms. The Balaban J connectivity index is 1.53. The molecular formula is C24H32N2O2. The molecule has 0 radical (unpaired) electrons. The van der Waals surface area contributed by atoms with E-state index in [0.29, 0.717) is 32.0 Å². The van der Waals surface area contributed by atoms with Crippen molar-refractivity contribution in [1.29, 1.82) is 0 Å². The zero-order chi connectivity index (χ0) is 20.0. The highest BCUT2D eigenvalue weighted by molar-refractivity contribution is 5.86. The van der Waals surface area contributed by atoms with Crippen LogP contribution in [0.1, 0.15) is 49.3 Å². The van der Waals surface area contributed by atoms with Gasteiger partial charge in [0.25, 0.3) is 5.91 Å². The number of benzene rings is 2. The summed E-state index contributed by atoms with van der Waals surface area (Å²) in [6.45, 7) is 6.67. The van der Waals surface area contributed by atoms with E-state index in [2.05, 4.69) is 55.6 Å². The van der Waals surface area contributed by atoms with E-state index in [1.54, 1.807) is 4.90 Å². The van der Waals surface area contributed by atoms with Crippen molar-refractivity contribution in [3.63, 3.8) is 0 Å². The summed E-state index contributed by atoms with van der Waals surface area (Å²) in [7, 11) is 0. The van der Waals surface area contributed by atoms with Gasteiger partial charge >= 0.3 is 0 Å². The fraction of sp³-hybridized carbons (Fsp3) is 0.458. The third kappa shape index (κ3) is 5.21. The Morgan fingerprint density at radius 3 is 2.46 bits per heavy atom. The number of hydrogen-bond acceptors (Lipinski definition) is 3. The number of rotatable bonds is 8. The van der Waals surface area contributed by atoms with Gasteiger partial charge in [-0.15, -0.1) is 0 Å². The summed E-state index contributed by atoms with van der Waals surface area (Å²) < 4.78 is 0. The molecule has 4 nitrogen and oxygen atoms in total. The first-order valence-corrected chi connectivity index (χ1v) is 10.3. The van der Waals surface area contributed by atoms with Crippen LogP contribution in [-0.2, 0) is 17.8 Å². The van der Waals surface area contributed by atoms with Crippen LogP contribution in [0.5, 0.6) is 0 Å². The number of hydrogen-bond donors (Lipinski definition) is 2. The van der Waals surface area contributed by atoms with Gasteiger partial charge in [0.15, 0.2) is 5.60 Å². The third-order valence-corrected chi connectivity index (χ3v) is 5.57. The van der Waals surface area contributed by atoms with Crippen molar-refractivity contribution in [3.05, 3.63) is 71.3 Å². The molecule has 0 aromatic heterocycles. The summed E-state index contributed by atoms with van der Waals surface area (Å²) >= 11 is 0. The Kier molecular flexibility index (Phi) is 6.87. The van der Waals surface area contributed by atoms with Gasteiger partial charge in [-0.3, -0.25) is 4.79 Å². The highest BCUT2D eigenvalue weighted by Crippen LogP contribution is 2.24. The lowest BCUT2D eigenvalue weighted by atomic mass is 9.91. The smallest absolute Gasteiger partial charge is 0.256 e. The lowest BCUT2D eigenvalue weighted by molar-refractivity contribution is -0.157. The van der Waals surface area contributed by atoms with Gasteiger partial charge < -0.3 is 15.3 Å². The van der Waals surface area contributed by atoms with E-state index >= 15 is 0 Å². The van der Waals surface area contributed by atoms with Crippen LogP contribution in [0.3, 0.4) is 0 Å². The lowest BCUT2D eigenvalue weighted by Crippen LogP contribution is -2.57. The predicted molar refractivity (Wildman–Crippen MR) is 113 cm³/mol. The molecule has 150 valence electrons. The van der Waals surface area contributed by atoms with Gasteiger partial charge in [0.05, 0.1) is 0 Å². The Labute approximate surface area is 168 Å². The summed E-state index contributed by atoms with van der Waals surface area (Å²) in [6, 6.07) is 18.7. The number of amides is 1. The molecule has 0 aliphatic carbocycles. The van der Waals surface area contributed by atoms with Crippen molar-refractivity contribution in [2.75, 3.05) is 19.6 Å². The maximum absolute atomic E-state index is 12.9. The largest absolute Gasteiger partial charge is 0.379 e. The monoisotopic (exact) mass is 380 g/mol. The molecule has 28 heavy (non-hydrogen) atoms. The van der Waals surface area contributed by atoms with Crippen LogP contribution in [0.25, 0.3) is 0 Å². The molecule has 1 amide bonds. The van der Waals surface area contributed by atoms with Crippen LogP contribution < -0.4 is 5.32 Å². The number of carbonyl (C=O) groups is 1. The van der Waals surface area contributed by atoms with Crippen molar-refractivity contribution in [1.82, 2.24) is 10.2 Å². The Morgan fingerprint density at radius 1 is 1.07 bits per heavy atom. The Hall–Kier alpha value is -2.17. The molecular weight excluding hydrogens is 348 g/mol. The lowest BCUT2D eigenvalue weighted by Gasteiger charge is -2.38. The second-order valence-corrected chi connectivity index (χ2v) is 8.17. The van der Waals surface area contributed by atoms with E-state index in [0.717, 1.165) is 24.9 Å². The van der Waals surface area contributed by atoms with Gasteiger partial charge in [0, 0.05) is 19.6 Å². The second-order valence-electron chi connectivity index (χ2n) is 8.17. The minimum Gasteiger partial charge on any atom is -0.379 e. The van der Waals surface area contributed by atoms with Gasteiger partial charge in [-0.25, -0.2) is 0 Å². The van der Waals surface area contributed by atoms with Crippen molar-refractivity contribution in [2.24, 2.45) is 0 Å². The molecule has 1 atom stereocenters.